The molecule has 0 atom stereocenters. The topological polar surface area (TPSA) is 30.5 Å². The van der Waals surface area contributed by atoms with Gasteiger partial charge in [-0.05, 0) is 37.4 Å². The summed E-state index contributed by atoms with van der Waals surface area (Å²) in [5.41, 5.74) is 1.02. The minimum atomic E-state index is 0.601. The van der Waals surface area contributed by atoms with E-state index in [4.69, 9.17) is 21.1 Å². The summed E-state index contributed by atoms with van der Waals surface area (Å²) >= 11 is 6.20. The van der Waals surface area contributed by atoms with Crippen LogP contribution in [0.15, 0.2) is 42.5 Å². The van der Waals surface area contributed by atoms with Gasteiger partial charge in [0.2, 0.25) is 0 Å². The van der Waals surface area contributed by atoms with Gasteiger partial charge in [-0.25, -0.2) is 0 Å². The van der Waals surface area contributed by atoms with Crippen LogP contribution in [0.5, 0.6) is 17.2 Å². The van der Waals surface area contributed by atoms with Gasteiger partial charge in [0.05, 0.1) is 12.1 Å². The molecule has 0 radical (unpaired) electrons. The van der Waals surface area contributed by atoms with Gasteiger partial charge >= 0.3 is 0 Å². The molecule has 0 heterocycles. The summed E-state index contributed by atoms with van der Waals surface area (Å²) in [6, 6.07) is 13.1. The van der Waals surface area contributed by atoms with Crippen LogP contribution in [-0.2, 0) is 6.54 Å². The second-order valence-corrected chi connectivity index (χ2v) is 4.44. The maximum Gasteiger partial charge on any atom is 0.150 e. The first kappa shape index (κ1) is 13.7. The van der Waals surface area contributed by atoms with E-state index >= 15 is 0 Å². The van der Waals surface area contributed by atoms with Crippen LogP contribution in [0.25, 0.3) is 0 Å². The Bertz CT molecular complexity index is 540. The lowest BCUT2D eigenvalue weighted by Gasteiger charge is -2.13. The van der Waals surface area contributed by atoms with Crippen molar-refractivity contribution in [1.29, 1.82) is 0 Å². The minimum Gasteiger partial charge on any atom is -0.497 e. The molecule has 100 valence electrons. The Balaban J connectivity index is 2.26. The molecular formula is C15H16ClNO2. The van der Waals surface area contributed by atoms with Crippen molar-refractivity contribution >= 4 is 11.6 Å². The molecule has 4 heteroatoms. The van der Waals surface area contributed by atoms with E-state index in [1.54, 1.807) is 7.11 Å². The van der Waals surface area contributed by atoms with Crippen LogP contribution in [0.2, 0.25) is 5.02 Å². The average Bonchev–Trinajstić information content (AvgIpc) is 2.44. The van der Waals surface area contributed by atoms with Gasteiger partial charge in [0.15, 0.2) is 0 Å². The molecule has 0 saturated carbocycles. The summed E-state index contributed by atoms with van der Waals surface area (Å²) in [7, 11) is 3.52. The largest absolute Gasteiger partial charge is 0.497 e. The number of hydrogen-bond acceptors (Lipinski definition) is 3. The fourth-order valence-corrected chi connectivity index (χ4v) is 1.99. The Morgan fingerprint density at radius 3 is 2.37 bits per heavy atom. The monoisotopic (exact) mass is 277 g/mol. The van der Waals surface area contributed by atoms with E-state index in [0.29, 0.717) is 17.3 Å². The molecule has 0 amide bonds. The molecule has 1 N–H and O–H groups in total. The summed E-state index contributed by atoms with van der Waals surface area (Å²) < 4.78 is 11.0. The molecule has 3 nitrogen and oxygen atoms in total. The van der Waals surface area contributed by atoms with Crippen LogP contribution < -0.4 is 14.8 Å². The number of hydrogen-bond donors (Lipinski definition) is 1. The van der Waals surface area contributed by atoms with Crippen molar-refractivity contribution in [3.63, 3.8) is 0 Å². The van der Waals surface area contributed by atoms with E-state index < -0.39 is 0 Å². The summed E-state index contributed by atoms with van der Waals surface area (Å²) in [6.07, 6.45) is 0. The highest BCUT2D eigenvalue weighted by atomic mass is 35.5. The molecule has 0 aliphatic carbocycles. The first-order valence-electron chi connectivity index (χ1n) is 5.98. The average molecular weight is 278 g/mol. The van der Waals surface area contributed by atoms with Crippen molar-refractivity contribution in [2.75, 3.05) is 14.2 Å². The van der Waals surface area contributed by atoms with E-state index in [1.807, 2.05) is 49.5 Å². The van der Waals surface area contributed by atoms with Gasteiger partial charge in [-0.3, -0.25) is 0 Å². The SMILES string of the molecule is CNCc1cccc(Cl)c1Oc1ccc(OC)cc1. The first-order valence-corrected chi connectivity index (χ1v) is 6.36. The van der Waals surface area contributed by atoms with Gasteiger partial charge in [0.1, 0.15) is 17.2 Å². The number of methoxy groups -OCH3 is 1. The maximum absolute atomic E-state index is 6.20. The number of para-hydroxylation sites is 1. The zero-order valence-corrected chi connectivity index (χ0v) is 11.7. The second-order valence-electron chi connectivity index (χ2n) is 4.04. The first-order chi connectivity index (χ1) is 9.24. The van der Waals surface area contributed by atoms with Crippen LogP contribution in [0.3, 0.4) is 0 Å². The Kier molecular flexibility index (Phi) is 4.66. The third-order valence-electron chi connectivity index (χ3n) is 2.70. The van der Waals surface area contributed by atoms with Crippen LogP contribution in [0.4, 0.5) is 0 Å². The lowest BCUT2D eigenvalue weighted by atomic mass is 10.2. The minimum absolute atomic E-state index is 0.601. The molecule has 0 unspecified atom stereocenters. The Morgan fingerprint density at radius 2 is 1.74 bits per heavy atom. The maximum atomic E-state index is 6.20. The Morgan fingerprint density at radius 1 is 1.05 bits per heavy atom. The van der Waals surface area contributed by atoms with Gasteiger partial charge in [-0.1, -0.05) is 23.7 Å². The number of ether oxygens (including phenoxy) is 2. The van der Waals surface area contributed by atoms with Crippen molar-refractivity contribution in [2.45, 2.75) is 6.54 Å². The summed E-state index contributed by atoms with van der Waals surface area (Å²) in [4.78, 5) is 0. The predicted octanol–water partition coefficient (Wildman–Crippen LogP) is 3.86. The van der Waals surface area contributed by atoms with Crippen molar-refractivity contribution in [2.24, 2.45) is 0 Å². The normalized spacial score (nSPS) is 10.3. The zero-order chi connectivity index (χ0) is 13.7. The number of halogens is 1. The molecular weight excluding hydrogens is 262 g/mol. The van der Waals surface area contributed by atoms with E-state index in [0.717, 1.165) is 17.1 Å². The van der Waals surface area contributed by atoms with Gasteiger partial charge in [0.25, 0.3) is 0 Å². The third kappa shape index (κ3) is 3.40. The highest BCUT2D eigenvalue weighted by Gasteiger charge is 2.09. The third-order valence-corrected chi connectivity index (χ3v) is 2.99. The van der Waals surface area contributed by atoms with Crippen LogP contribution >= 0.6 is 11.6 Å². The molecule has 0 fully saturated rings. The number of rotatable bonds is 5. The van der Waals surface area contributed by atoms with Crippen LogP contribution in [0.1, 0.15) is 5.56 Å². The van der Waals surface area contributed by atoms with Crippen LogP contribution in [0, 0.1) is 0 Å². The smallest absolute Gasteiger partial charge is 0.150 e. The lowest BCUT2D eigenvalue weighted by Crippen LogP contribution is -2.06. The van der Waals surface area contributed by atoms with Crippen molar-refractivity contribution < 1.29 is 9.47 Å². The van der Waals surface area contributed by atoms with E-state index in [-0.39, 0.29) is 0 Å². The highest BCUT2D eigenvalue weighted by molar-refractivity contribution is 6.32. The second kappa shape index (κ2) is 6.45. The fraction of sp³-hybridized carbons (Fsp3) is 0.200. The molecule has 2 aromatic rings. The summed E-state index contributed by atoms with van der Waals surface area (Å²) in [6.45, 7) is 0.700. The molecule has 0 bridgehead atoms. The Hall–Kier alpha value is -1.71. The van der Waals surface area contributed by atoms with Crippen molar-refractivity contribution in [1.82, 2.24) is 5.32 Å². The van der Waals surface area contributed by atoms with Gasteiger partial charge in [-0.2, -0.15) is 0 Å². The molecule has 0 aliphatic heterocycles. The molecule has 19 heavy (non-hydrogen) atoms. The predicted molar refractivity (Wildman–Crippen MR) is 77.3 cm³/mol. The summed E-state index contributed by atoms with van der Waals surface area (Å²) in [5.74, 6) is 2.21. The van der Waals surface area contributed by atoms with Crippen molar-refractivity contribution in [3.05, 3.63) is 53.1 Å². The molecule has 0 saturated heterocycles. The van der Waals surface area contributed by atoms with E-state index in [2.05, 4.69) is 5.32 Å². The Labute approximate surface area is 118 Å². The standard InChI is InChI=1S/C15H16ClNO2/c1-17-10-11-4-3-5-14(16)15(11)19-13-8-6-12(18-2)7-9-13/h3-9,17H,10H2,1-2H3. The van der Waals surface area contributed by atoms with Gasteiger partial charge < -0.3 is 14.8 Å². The summed E-state index contributed by atoms with van der Waals surface area (Å²) in [5, 5.41) is 3.70. The molecule has 2 rings (SSSR count). The van der Waals surface area contributed by atoms with E-state index in [1.165, 1.54) is 0 Å². The van der Waals surface area contributed by atoms with Crippen molar-refractivity contribution in [3.8, 4) is 17.2 Å². The van der Waals surface area contributed by atoms with Gasteiger partial charge in [-0.15, -0.1) is 0 Å². The van der Waals surface area contributed by atoms with Gasteiger partial charge in [0, 0.05) is 12.1 Å². The lowest BCUT2D eigenvalue weighted by molar-refractivity contribution is 0.412. The zero-order valence-electron chi connectivity index (χ0n) is 10.9. The molecule has 2 aromatic carbocycles. The van der Waals surface area contributed by atoms with Crippen LogP contribution in [-0.4, -0.2) is 14.2 Å². The quantitative estimate of drug-likeness (QED) is 0.900. The highest BCUT2D eigenvalue weighted by Crippen LogP contribution is 2.33. The molecule has 0 aliphatic rings. The number of benzene rings is 2. The molecule has 0 aromatic heterocycles. The van der Waals surface area contributed by atoms with E-state index in [9.17, 15) is 0 Å². The molecule has 0 spiro atoms. The number of nitrogens with one attached hydrogen (secondary N) is 1. The fourth-order valence-electron chi connectivity index (χ4n) is 1.76.